The van der Waals surface area contributed by atoms with Gasteiger partial charge in [0, 0.05) is 6.04 Å². The zero-order chi connectivity index (χ0) is 13.4. The Morgan fingerprint density at radius 1 is 1.42 bits per heavy atom. The zero-order valence-electron chi connectivity index (χ0n) is 10.8. The molecule has 1 aliphatic heterocycles. The fraction of sp³-hybridized carbons (Fsp3) is 0.600. The van der Waals surface area contributed by atoms with Crippen LogP contribution >= 0.6 is 11.6 Å². The van der Waals surface area contributed by atoms with Gasteiger partial charge in [-0.15, -0.1) is 0 Å². The number of fused-ring (bicyclic) bond motifs is 1. The molecule has 2 fully saturated rings. The number of rotatable bonds is 3. The molecule has 104 valence electrons. The maximum Gasteiger partial charge on any atom is 0.141 e. The number of nitrogens with one attached hydrogen (secondary N) is 1. The Morgan fingerprint density at radius 3 is 3.05 bits per heavy atom. The topological polar surface area (TPSA) is 32.3 Å². The number of aliphatic hydroxyl groups is 1. The van der Waals surface area contributed by atoms with Crippen molar-refractivity contribution >= 4 is 11.6 Å². The van der Waals surface area contributed by atoms with E-state index in [9.17, 15) is 9.50 Å². The Hall–Kier alpha value is -0.640. The van der Waals surface area contributed by atoms with Gasteiger partial charge in [-0.1, -0.05) is 24.1 Å². The summed E-state index contributed by atoms with van der Waals surface area (Å²) in [6, 6.07) is 4.85. The molecule has 2 N–H and O–H groups in total. The fourth-order valence-corrected chi connectivity index (χ4v) is 3.85. The standard InChI is InChI=1S/C15H19ClFNO/c16-12-6-9(4-5-13(12)17)15(19)7-14-11-3-1-2-10(11)8-18-14/h4-6,10-11,14-15,18-19H,1-3,7-8H2. The van der Waals surface area contributed by atoms with Crippen molar-refractivity contribution in [3.63, 3.8) is 0 Å². The summed E-state index contributed by atoms with van der Waals surface area (Å²) in [6.45, 7) is 1.08. The van der Waals surface area contributed by atoms with Crippen LogP contribution in [0, 0.1) is 17.7 Å². The van der Waals surface area contributed by atoms with Gasteiger partial charge in [-0.3, -0.25) is 0 Å². The molecule has 0 amide bonds. The van der Waals surface area contributed by atoms with E-state index in [1.807, 2.05) is 0 Å². The van der Waals surface area contributed by atoms with Crippen molar-refractivity contribution in [3.8, 4) is 0 Å². The van der Waals surface area contributed by atoms with Gasteiger partial charge >= 0.3 is 0 Å². The van der Waals surface area contributed by atoms with Crippen LogP contribution in [-0.4, -0.2) is 17.7 Å². The van der Waals surface area contributed by atoms with Crippen molar-refractivity contribution < 1.29 is 9.50 Å². The first-order chi connectivity index (χ1) is 9.15. The molecule has 0 radical (unpaired) electrons. The Morgan fingerprint density at radius 2 is 2.26 bits per heavy atom. The Balaban J connectivity index is 1.67. The van der Waals surface area contributed by atoms with Crippen LogP contribution in [0.3, 0.4) is 0 Å². The molecule has 2 aliphatic rings. The van der Waals surface area contributed by atoms with Gasteiger partial charge in [-0.25, -0.2) is 4.39 Å². The summed E-state index contributed by atoms with van der Waals surface area (Å²) in [5.74, 6) is 1.05. The smallest absolute Gasteiger partial charge is 0.141 e. The van der Waals surface area contributed by atoms with Gasteiger partial charge in [0.1, 0.15) is 5.82 Å². The third kappa shape index (κ3) is 2.64. The lowest BCUT2D eigenvalue weighted by atomic mass is 9.89. The lowest BCUT2D eigenvalue weighted by molar-refractivity contribution is 0.145. The highest BCUT2D eigenvalue weighted by molar-refractivity contribution is 6.30. The van der Waals surface area contributed by atoms with Gasteiger partial charge < -0.3 is 10.4 Å². The fourth-order valence-electron chi connectivity index (χ4n) is 3.66. The van der Waals surface area contributed by atoms with E-state index >= 15 is 0 Å². The third-order valence-electron chi connectivity index (χ3n) is 4.68. The summed E-state index contributed by atoms with van der Waals surface area (Å²) in [7, 11) is 0. The molecule has 1 saturated heterocycles. The van der Waals surface area contributed by atoms with Crippen molar-refractivity contribution in [3.05, 3.63) is 34.6 Å². The van der Waals surface area contributed by atoms with Gasteiger partial charge in [0.15, 0.2) is 0 Å². The van der Waals surface area contributed by atoms with Crippen molar-refractivity contribution in [1.29, 1.82) is 0 Å². The van der Waals surface area contributed by atoms with Gasteiger partial charge in [-0.05, 0) is 55.3 Å². The minimum Gasteiger partial charge on any atom is -0.388 e. The molecule has 2 nitrogen and oxygen atoms in total. The molecule has 1 aromatic carbocycles. The molecule has 3 rings (SSSR count). The Bertz CT molecular complexity index is 467. The normalized spacial score (nSPS) is 31.4. The Labute approximate surface area is 118 Å². The van der Waals surface area contributed by atoms with E-state index in [0.29, 0.717) is 23.9 Å². The van der Waals surface area contributed by atoms with Crippen LogP contribution < -0.4 is 5.32 Å². The van der Waals surface area contributed by atoms with Crippen LogP contribution in [0.25, 0.3) is 0 Å². The number of benzene rings is 1. The van der Waals surface area contributed by atoms with Gasteiger partial charge in [-0.2, -0.15) is 0 Å². The third-order valence-corrected chi connectivity index (χ3v) is 4.97. The van der Waals surface area contributed by atoms with E-state index < -0.39 is 11.9 Å². The number of halogens is 2. The first-order valence-electron chi connectivity index (χ1n) is 7.01. The van der Waals surface area contributed by atoms with E-state index in [1.54, 1.807) is 6.07 Å². The SMILES string of the molecule is OC(CC1NCC2CCCC21)c1ccc(F)c(Cl)c1. The van der Waals surface area contributed by atoms with Crippen molar-refractivity contribution in [2.75, 3.05) is 6.54 Å². The lowest BCUT2D eigenvalue weighted by Crippen LogP contribution is -2.28. The van der Waals surface area contributed by atoms with E-state index in [4.69, 9.17) is 11.6 Å². The van der Waals surface area contributed by atoms with Gasteiger partial charge in [0.25, 0.3) is 0 Å². The van der Waals surface area contributed by atoms with Crippen LogP contribution in [-0.2, 0) is 0 Å². The molecule has 0 spiro atoms. The molecular weight excluding hydrogens is 265 g/mol. The molecule has 0 bridgehead atoms. The highest BCUT2D eigenvalue weighted by atomic mass is 35.5. The molecule has 0 aromatic heterocycles. The summed E-state index contributed by atoms with van der Waals surface area (Å²) >= 11 is 5.76. The average molecular weight is 284 g/mol. The van der Waals surface area contributed by atoms with E-state index in [2.05, 4.69) is 5.32 Å². The number of hydrogen-bond donors (Lipinski definition) is 2. The Kier molecular flexibility index (Phi) is 3.79. The minimum atomic E-state index is -0.574. The zero-order valence-corrected chi connectivity index (χ0v) is 11.5. The predicted molar refractivity (Wildman–Crippen MR) is 73.6 cm³/mol. The molecule has 1 aromatic rings. The summed E-state index contributed by atoms with van der Waals surface area (Å²) in [4.78, 5) is 0. The quantitative estimate of drug-likeness (QED) is 0.892. The van der Waals surface area contributed by atoms with Crippen LogP contribution in [0.4, 0.5) is 4.39 Å². The number of hydrogen-bond acceptors (Lipinski definition) is 2. The second kappa shape index (κ2) is 5.39. The second-order valence-electron chi connectivity index (χ2n) is 5.79. The van der Waals surface area contributed by atoms with Crippen LogP contribution in [0.2, 0.25) is 5.02 Å². The molecule has 4 unspecified atom stereocenters. The highest BCUT2D eigenvalue weighted by Gasteiger charge is 2.39. The van der Waals surface area contributed by atoms with Crippen molar-refractivity contribution in [2.45, 2.75) is 37.8 Å². The molecule has 1 aliphatic carbocycles. The van der Waals surface area contributed by atoms with Gasteiger partial charge in [0.05, 0.1) is 11.1 Å². The average Bonchev–Trinajstić information content (AvgIpc) is 2.97. The molecule has 19 heavy (non-hydrogen) atoms. The van der Waals surface area contributed by atoms with Crippen molar-refractivity contribution in [1.82, 2.24) is 5.32 Å². The van der Waals surface area contributed by atoms with Crippen molar-refractivity contribution in [2.24, 2.45) is 11.8 Å². The molecular formula is C15H19ClFNO. The number of aliphatic hydroxyl groups excluding tert-OH is 1. The minimum absolute atomic E-state index is 0.0784. The maximum atomic E-state index is 13.1. The molecule has 4 atom stereocenters. The summed E-state index contributed by atoms with van der Waals surface area (Å²) in [6.07, 6.45) is 4.00. The first kappa shape index (κ1) is 13.3. The molecule has 4 heteroatoms. The van der Waals surface area contributed by atoms with Crippen LogP contribution in [0.5, 0.6) is 0 Å². The predicted octanol–water partition coefficient (Wildman–Crippen LogP) is 3.29. The molecule has 1 saturated carbocycles. The van der Waals surface area contributed by atoms with Crippen LogP contribution in [0.15, 0.2) is 18.2 Å². The maximum absolute atomic E-state index is 13.1. The monoisotopic (exact) mass is 283 g/mol. The van der Waals surface area contributed by atoms with Crippen LogP contribution in [0.1, 0.15) is 37.4 Å². The van der Waals surface area contributed by atoms with E-state index in [0.717, 1.165) is 12.5 Å². The summed E-state index contributed by atoms with van der Waals surface area (Å²) in [5.41, 5.74) is 0.703. The molecule has 1 heterocycles. The van der Waals surface area contributed by atoms with Gasteiger partial charge in [0.2, 0.25) is 0 Å². The largest absolute Gasteiger partial charge is 0.388 e. The highest BCUT2D eigenvalue weighted by Crippen LogP contribution is 2.40. The second-order valence-corrected chi connectivity index (χ2v) is 6.20. The van der Waals surface area contributed by atoms with E-state index in [-0.39, 0.29) is 5.02 Å². The lowest BCUT2D eigenvalue weighted by Gasteiger charge is -2.21. The summed E-state index contributed by atoms with van der Waals surface area (Å²) < 4.78 is 13.1. The summed E-state index contributed by atoms with van der Waals surface area (Å²) in [5, 5.41) is 13.9. The first-order valence-corrected chi connectivity index (χ1v) is 7.39. The van der Waals surface area contributed by atoms with E-state index in [1.165, 1.54) is 31.4 Å².